The number of rotatable bonds is 4. The zero-order valence-electron chi connectivity index (χ0n) is 5.35. The number of aliphatic hydroxyl groups is 1. The molecule has 0 spiro atoms. The number of alkyl halides is 1. The van der Waals surface area contributed by atoms with Crippen LogP contribution in [-0.2, 0) is 4.79 Å². The fourth-order valence-corrected chi connectivity index (χ4v) is 0.362. The summed E-state index contributed by atoms with van der Waals surface area (Å²) in [4.78, 5) is 11.9. The highest BCUT2D eigenvalue weighted by Crippen LogP contribution is 1.98. The van der Waals surface area contributed by atoms with Crippen molar-refractivity contribution >= 4 is 5.97 Å². The molecule has 0 aliphatic rings. The Hall–Kier alpha value is -1.33. The Morgan fingerprint density at radius 3 is 2.82 bits per heavy atom. The summed E-state index contributed by atoms with van der Waals surface area (Å²) in [6.45, 7) is -0.717. The molecule has 0 aliphatic carbocycles. The maximum absolute atomic E-state index is 12.3. The van der Waals surface area contributed by atoms with Crippen molar-refractivity contribution in [1.82, 2.24) is 0 Å². The molecule has 2 atom stereocenters. The second kappa shape index (κ2) is 4.48. The third-order valence-electron chi connectivity index (χ3n) is 0.903. The van der Waals surface area contributed by atoms with Crippen molar-refractivity contribution in [2.75, 3.05) is 6.54 Å². The predicted octanol–water partition coefficient (Wildman–Crippen LogP) is -1.25. The van der Waals surface area contributed by atoms with Crippen LogP contribution in [0.25, 0.3) is 10.4 Å². The van der Waals surface area contributed by atoms with Gasteiger partial charge < -0.3 is 15.0 Å². The minimum Gasteiger partial charge on any atom is -0.547 e. The molecular weight excluding hydrogens is 157 g/mol. The first-order valence-electron chi connectivity index (χ1n) is 2.63. The van der Waals surface area contributed by atoms with Crippen molar-refractivity contribution in [1.29, 1.82) is 0 Å². The van der Waals surface area contributed by atoms with Gasteiger partial charge in [0.15, 0.2) is 0 Å². The van der Waals surface area contributed by atoms with Gasteiger partial charge in [-0.1, -0.05) is 5.11 Å². The number of aliphatic carboxylic acids is 1. The molecule has 7 heteroatoms. The maximum Gasteiger partial charge on any atom is 0.137 e. The van der Waals surface area contributed by atoms with E-state index in [1.165, 1.54) is 0 Å². The Kier molecular flexibility index (Phi) is 3.94. The maximum atomic E-state index is 12.3. The monoisotopic (exact) mass is 162 g/mol. The summed E-state index contributed by atoms with van der Waals surface area (Å²) in [6.07, 6.45) is -4.35. The number of carbonyl (C=O) groups is 1. The van der Waals surface area contributed by atoms with Crippen LogP contribution in [0.3, 0.4) is 0 Å². The molecule has 0 saturated heterocycles. The molecule has 0 bridgehead atoms. The molecule has 1 N–H and O–H groups in total. The number of hydrogen-bond donors (Lipinski definition) is 1. The lowest BCUT2D eigenvalue weighted by Crippen LogP contribution is -2.42. The van der Waals surface area contributed by atoms with Crippen LogP contribution in [0.15, 0.2) is 5.11 Å². The van der Waals surface area contributed by atoms with Gasteiger partial charge in [-0.05, 0) is 5.53 Å². The van der Waals surface area contributed by atoms with E-state index in [1.807, 2.05) is 0 Å². The van der Waals surface area contributed by atoms with Crippen molar-refractivity contribution in [3.05, 3.63) is 10.4 Å². The van der Waals surface area contributed by atoms with E-state index < -0.39 is 24.8 Å². The molecule has 0 radical (unpaired) electrons. The smallest absolute Gasteiger partial charge is 0.137 e. The molecule has 0 heterocycles. The van der Waals surface area contributed by atoms with Crippen molar-refractivity contribution < 1.29 is 19.4 Å². The summed E-state index contributed by atoms with van der Waals surface area (Å²) < 4.78 is 12.3. The second-order valence-corrected chi connectivity index (χ2v) is 1.69. The molecule has 62 valence electrons. The minimum atomic E-state index is -2.24. The van der Waals surface area contributed by atoms with Gasteiger partial charge in [-0.15, -0.1) is 0 Å². The number of aliphatic hydroxyl groups excluding tert-OH is 1. The van der Waals surface area contributed by atoms with Gasteiger partial charge in [0.25, 0.3) is 0 Å². The van der Waals surface area contributed by atoms with Gasteiger partial charge in [-0.2, -0.15) is 0 Å². The van der Waals surface area contributed by atoms with E-state index in [9.17, 15) is 14.3 Å². The highest BCUT2D eigenvalue weighted by atomic mass is 19.1. The Balaban J connectivity index is 3.91. The van der Waals surface area contributed by atoms with Crippen LogP contribution in [0.2, 0.25) is 0 Å². The highest BCUT2D eigenvalue weighted by Gasteiger charge is 2.17. The van der Waals surface area contributed by atoms with E-state index in [-0.39, 0.29) is 0 Å². The molecule has 0 saturated carbocycles. The Morgan fingerprint density at radius 2 is 2.45 bits per heavy atom. The van der Waals surface area contributed by atoms with Crippen LogP contribution < -0.4 is 5.11 Å². The number of carboxylic acid groups (broad SMARTS) is 1. The van der Waals surface area contributed by atoms with Crippen LogP contribution in [0.4, 0.5) is 4.39 Å². The number of carboxylic acids is 1. The molecule has 11 heavy (non-hydrogen) atoms. The Bertz CT molecular complexity index is 191. The van der Waals surface area contributed by atoms with Crippen molar-refractivity contribution in [2.45, 2.75) is 12.3 Å². The van der Waals surface area contributed by atoms with Crippen LogP contribution in [-0.4, -0.2) is 29.9 Å². The minimum absolute atomic E-state index is 0.717. The molecule has 0 aromatic rings. The van der Waals surface area contributed by atoms with Crippen LogP contribution >= 0.6 is 0 Å². The zero-order valence-corrected chi connectivity index (χ0v) is 5.35. The van der Waals surface area contributed by atoms with E-state index >= 15 is 0 Å². The van der Waals surface area contributed by atoms with E-state index in [4.69, 9.17) is 10.6 Å². The molecule has 6 nitrogen and oxygen atoms in total. The van der Waals surface area contributed by atoms with E-state index in [0.29, 0.717) is 0 Å². The Morgan fingerprint density at radius 1 is 1.91 bits per heavy atom. The Labute approximate surface area is 60.9 Å². The van der Waals surface area contributed by atoms with Gasteiger partial charge in [0, 0.05) is 4.91 Å². The number of nitrogens with zero attached hydrogens (tertiary/aromatic N) is 3. The highest BCUT2D eigenvalue weighted by molar-refractivity contribution is 5.70. The molecule has 0 unspecified atom stereocenters. The third kappa shape index (κ3) is 3.39. The largest absolute Gasteiger partial charge is 0.547 e. The number of halogens is 1. The summed E-state index contributed by atoms with van der Waals surface area (Å²) in [5, 5.41) is 20.9. The van der Waals surface area contributed by atoms with Crippen LogP contribution in [0.5, 0.6) is 0 Å². The fourth-order valence-electron chi connectivity index (χ4n) is 0.362. The molecule has 0 aliphatic heterocycles. The van der Waals surface area contributed by atoms with E-state index in [2.05, 4.69) is 10.0 Å². The average Bonchev–Trinajstić information content (AvgIpc) is 1.98. The molecule has 0 rings (SSSR count). The van der Waals surface area contributed by atoms with Crippen molar-refractivity contribution in [3.63, 3.8) is 0 Å². The predicted molar refractivity (Wildman–Crippen MR) is 29.9 cm³/mol. The molecule has 0 aromatic heterocycles. The third-order valence-corrected chi connectivity index (χ3v) is 0.903. The van der Waals surface area contributed by atoms with Crippen LogP contribution in [0.1, 0.15) is 0 Å². The SMILES string of the molecule is [N-]=[N+]=NC[C@@H](F)[C@H](O)C(=O)[O-]. The van der Waals surface area contributed by atoms with Crippen LogP contribution in [0, 0.1) is 0 Å². The van der Waals surface area contributed by atoms with Gasteiger partial charge in [0.05, 0.1) is 12.5 Å². The van der Waals surface area contributed by atoms with Crippen molar-refractivity contribution in [2.24, 2.45) is 5.11 Å². The van der Waals surface area contributed by atoms with Gasteiger partial charge in [-0.3, -0.25) is 0 Å². The lowest BCUT2D eigenvalue weighted by Gasteiger charge is -2.13. The molecule has 0 aromatic carbocycles. The molecular formula is C4H5FN3O3-. The van der Waals surface area contributed by atoms with Gasteiger partial charge in [-0.25, -0.2) is 4.39 Å². The van der Waals surface area contributed by atoms with E-state index in [0.717, 1.165) is 0 Å². The lowest BCUT2D eigenvalue weighted by atomic mass is 10.2. The quantitative estimate of drug-likeness (QED) is 0.316. The lowest BCUT2D eigenvalue weighted by molar-refractivity contribution is -0.317. The standard InChI is InChI=1S/C4H6FN3O3/c5-2(1-7-8-6)3(9)4(10)11/h2-3,9H,1H2,(H,10,11)/p-1/t2-,3+/m1/s1. The number of azide groups is 1. The topological polar surface area (TPSA) is 109 Å². The van der Waals surface area contributed by atoms with Gasteiger partial charge in [0.1, 0.15) is 12.3 Å². The molecule has 0 amide bonds. The summed E-state index contributed by atoms with van der Waals surface area (Å²) in [7, 11) is 0. The fraction of sp³-hybridized carbons (Fsp3) is 0.750. The summed E-state index contributed by atoms with van der Waals surface area (Å²) >= 11 is 0. The summed E-state index contributed by atoms with van der Waals surface area (Å²) in [5.74, 6) is -1.93. The first-order chi connectivity index (χ1) is 5.09. The normalized spacial score (nSPS) is 14.7. The second-order valence-electron chi connectivity index (χ2n) is 1.69. The average molecular weight is 162 g/mol. The molecule has 0 fully saturated rings. The van der Waals surface area contributed by atoms with E-state index in [1.54, 1.807) is 0 Å². The van der Waals surface area contributed by atoms with Gasteiger partial charge in [0.2, 0.25) is 0 Å². The first-order valence-corrected chi connectivity index (χ1v) is 2.63. The number of carbonyl (C=O) groups excluding carboxylic acids is 1. The summed E-state index contributed by atoms with van der Waals surface area (Å²) in [6, 6.07) is 0. The number of hydrogen-bond acceptors (Lipinski definition) is 4. The van der Waals surface area contributed by atoms with Crippen molar-refractivity contribution in [3.8, 4) is 0 Å². The zero-order chi connectivity index (χ0) is 8.85. The summed E-state index contributed by atoms with van der Waals surface area (Å²) in [5.41, 5.74) is 7.68. The van der Waals surface area contributed by atoms with Gasteiger partial charge >= 0.3 is 0 Å². The first kappa shape index (κ1) is 9.67.